The molecule has 1 aromatic rings. The van der Waals surface area contributed by atoms with E-state index in [2.05, 4.69) is 11.4 Å². The van der Waals surface area contributed by atoms with Crippen molar-refractivity contribution in [1.82, 2.24) is 5.32 Å². The summed E-state index contributed by atoms with van der Waals surface area (Å²) in [5.74, 6) is -0.249. The van der Waals surface area contributed by atoms with Crippen LogP contribution in [0.4, 0.5) is 4.39 Å². The van der Waals surface area contributed by atoms with E-state index in [0.717, 1.165) is 13.0 Å². The summed E-state index contributed by atoms with van der Waals surface area (Å²) in [6.45, 7) is 1.34. The van der Waals surface area contributed by atoms with Crippen molar-refractivity contribution >= 4 is 0 Å². The van der Waals surface area contributed by atoms with Gasteiger partial charge in [-0.05, 0) is 50.4 Å². The molecule has 0 aromatic heterocycles. The number of halogens is 1. The molecule has 1 N–H and O–H groups in total. The molecule has 0 aliphatic heterocycles. The second-order valence-electron chi connectivity index (χ2n) is 4.60. The molecule has 2 rings (SSSR count). The Morgan fingerprint density at radius 2 is 2.28 bits per heavy atom. The van der Waals surface area contributed by atoms with Gasteiger partial charge in [0.2, 0.25) is 0 Å². The van der Waals surface area contributed by atoms with Crippen molar-refractivity contribution in [2.24, 2.45) is 0 Å². The second-order valence-corrected chi connectivity index (χ2v) is 4.60. The predicted octanol–water partition coefficient (Wildman–Crippen LogP) is 3.29. The van der Waals surface area contributed by atoms with Crippen LogP contribution in [0.5, 0.6) is 0 Å². The summed E-state index contributed by atoms with van der Waals surface area (Å²) < 4.78 is 13.5. The lowest BCUT2D eigenvalue weighted by molar-refractivity contribution is 0.587. The minimum atomic E-state index is -0.249. The molecule has 0 atom stereocenters. The summed E-state index contributed by atoms with van der Waals surface area (Å²) in [5.41, 5.74) is 2.58. The van der Waals surface area contributed by atoms with Crippen LogP contribution in [0.3, 0.4) is 0 Å². The van der Waals surface area contributed by atoms with Gasteiger partial charge in [0, 0.05) is 12.1 Å². The molecule has 1 aromatic carbocycles. The number of nitrogens with zero attached hydrogens (tertiary/aromatic N) is 1. The minimum Gasteiger partial charge on any atom is -0.312 e. The van der Waals surface area contributed by atoms with Crippen LogP contribution in [0.25, 0.3) is 0 Å². The maximum Gasteiger partial charge on any atom is 0.127 e. The summed E-state index contributed by atoms with van der Waals surface area (Å²) in [5, 5.41) is 12.0. The standard InChI is InChI=1S/C15H17FN2/c16-15-6-5-13(10-17)9-14(15)11-18-8-7-12-3-1-2-4-12/h3,5-6,9,18H,1-2,4,7-8,11H2. The molecular formula is C15H17FN2. The number of nitrogens with one attached hydrogen (secondary N) is 1. The Kier molecular flexibility index (Phi) is 4.49. The van der Waals surface area contributed by atoms with Crippen LogP contribution in [-0.2, 0) is 6.54 Å². The van der Waals surface area contributed by atoms with Crippen LogP contribution >= 0.6 is 0 Å². The number of rotatable bonds is 5. The first-order chi connectivity index (χ1) is 8.79. The van der Waals surface area contributed by atoms with Crippen molar-refractivity contribution in [3.05, 3.63) is 46.8 Å². The summed E-state index contributed by atoms with van der Waals surface area (Å²) >= 11 is 0. The highest BCUT2D eigenvalue weighted by Crippen LogP contribution is 2.19. The Morgan fingerprint density at radius 1 is 1.39 bits per heavy atom. The molecule has 0 bridgehead atoms. The van der Waals surface area contributed by atoms with Crippen molar-refractivity contribution in [2.75, 3.05) is 6.54 Å². The first kappa shape index (κ1) is 12.8. The van der Waals surface area contributed by atoms with Gasteiger partial charge in [0.1, 0.15) is 5.82 Å². The zero-order chi connectivity index (χ0) is 12.8. The van der Waals surface area contributed by atoms with E-state index in [0.29, 0.717) is 17.7 Å². The highest BCUT2D eigenvalue weighted by Gasteiger charge is 2.05. The fourth-order valence-corrected chi connectivity index (χ4v) is 2.22. The number of hydrogen-bond acceptors (Lipinski definition) is 2. The molecule has 0 heterocycles. The summed E-state index contributed by atoms with van der Waals surface area (Å²) in [4.78, 5) is 0. The first-order valence-electron chi connectivity index (χ1n) is 6.37. The van der Waals surface area contributed by atoms with Gasteiger partial charge >= 0.3 is 0 Å². The van der Waals surface area contributed by atoms with E-state index in [-0.39, 0.29) is 5.82 Å². The number of allylic oxidation sites excluding steroid dienone is 1. The van der Waals surface area contributed by atoms with Crippen LogP contribution in [0.15, 0.2) is 29.8 Å². The molecule has 3 heteroatoms. The minimum absolute atomic E-state index is 0.249. The molecule has 0 radical (unpaired) electrons. The van der Waals surface area contributed by atoms with Crippen molar-refractivity contribution in [3.8, 4) is 6.07 Å². The van der Waals surface area contributed by atoms with E-state index in [1.165, 1.54) is 37.0 Å². The lowest BCUT2D eigenvalue weighted by Gasteiger charge is -2.07. The Balaban J connectivity index is 1.81. The van der Waals surface area contributed by atoms with Gasteiger partial charge in [-0.3, -0.25) is 0 Å². The number of benzene rings is 1. The molecule has 0 fully saturated rings. The van der Waals surface area contributed by atoms with Crippen LogP contribution in [-0.4, -0.2) is 6.54 Å². The van der Waals surface area contributed by atoms with Crippen molar-refractivity contribution in [2.45, 2.75) is 32.2 Å². The molecular weight excluding hydrogens is 227 g/mol. The molecule has 2 nitrogen and oxygen atoms in total. The normalized spacial score (nSPS) is 14.3. The average Bonchev–Trinajstić information content (AvgIpc) is 2.89. The van der Waals surface area contributed by atoms with Crippen molar-refractivity contribution in [3.63, 3.8) is 0 Å². The molecule has 1 aliphatic carbocycles. The molecule has 94 valence electrons. The van der Waals surface area contributed by atoms with Gasteiger partial charge in [-0.1, -0.05) is 11.6 Å². The molecule has 0 saturated heterocycles. The molecule has 18 heavy (non-hydrogen) atoms. The Bertz CT molecular complexity index is 486. The monoisotopic (exact) mass is 244 g/mol. The number of nitriles is 1. The molecule has 0 amide bonds. The topological polar surface area (TPSA) is 35.8 Å². The van der Waals surface area contributed by atoms with Crippen LogP contribution in [0.1, 0.15) is 36.8 Å². The Morgan fingerprint density at radius 3 is 3.00 bits per heavy atom. The van der Waals surface area contributed by atoms with E-state index in [4.69, 9.17) is 5.26 Å². The molecule has 0 unspecified atom stereocenters. The SMILES string of the molecule is N#Cc1ccc(F)c(CNCCC2=CCCC2)c1. The fraction of sp³-hybridized carbons (Fsp3) is 0.400. The summed E-state index contributed by atoms with van der Waals surface area (Å²) in [7, 11) is 0. The third-order valence-corrected chi connectivity index (χ3v) is 3.25. The largest absolute Gasteiger partial charge is 0.312 e. The third-order valence-electron chi connectivity index (χ3n) is 3.25. The summed E-state index contributed by atoms with van der Waals surface area (Å²) in [6, 6.07) is 6.49. The highest BCUT2D eigenvalue weighted by atomic mass is 19.1. The van der Waals surface area contributed by atoms with Gasteiger partial charge in [-0.25, -0.2) is 4.39 Å². The molecule has 0 saturated carbocycles. The van der Waals surface area contributed by atoms with E-state index >= 15 is 0 Å². The zero-order valence-electron chi connectivity index (χ0n) is 10.4. The quantitative estimate of drug-likeness (QED) is 0.637. The zero-order valence-corrected chi connectivity index (χ0v) is 10.4. The van der Waals surface area contributed by atoms with Gasteiger partial charge in [-0.15, -0.1) is 0 Å². The van der Waals surface area contributed by atoms with Gasteiger partial charge in [-0.2, -0.15) is 5.26 Å². The third kappa shape index (κ3) is 3.41. The van der Waals surface area contributed by atoms with E-state index < -0.39 is 0 Å². The van der Waals surface area contributed by atoms with Gasteiger partial charge in [0.15, 0.2) is 0 Å². The lowest BCUT2D eigenvalue weighted by atomic mass is 10.1. The number of hydrogen-bond donors (Lipinski definition) is 1. The Hall–Kier alpha value is -1.66. The van der Waals surface area contributed by atoms with Gasteiger partial charge < -0.3 is 5.32 Å². The van der Waals surface area contributed by atoms with Crippen molar-refractivity contribution < 1.29 is 4.39 Å². The summed E-state index contributed by atoms with van der Waals surface area (Å²) in [6.07, 6.45) is 7.03. The van der Waals surface area contributed by atoms with Gasteiger partial charge in [0.05, 0.1) is 11.6 Å². The van der Waals surface area contributed by atoms with E-state index in [1.807, 2.05) is 6.07 Å². The van der Waals surface area contributed by atoms with Gasteiger partial charge in [0.25, 0.3) is 0 Å². The fourth-order valence-electron chi connectivity index (χ4n) is 2.22. The first-order valence-corrected chi connectivity index (χ1v) is 6.37. The second kappa shape index (κ2) is 6.32. The lowest BCUT2D eigenvalue weighted by Crippen LogP contribution is -2.16. The Labute approximate surface area is 107 Å². The van der Waals surface area contributed by atoms with Crippen molar-refractivity contribution in [1.29, 1.82) is 5.26 Å². The van der Waals surface area contributed by atoms with Crippen LogP contribution in [0.2, 0.25) is 0 Å². The maximum atomic E-state index is 13.5. The van der Waals surface area contributed by atoms with Crippen LogP contribution < -0.4 is 5.32 Å². The van der Waals surface area contributed by atoms with E-state index in [9.17, 15) is 4.39 Å². The molecule has 1 aliphatic rings. The predicted molar refractivity (Wildman–Crippen MR) is 69.4 cm³/mol. The smallest absolute Gasteiger partial charge is 0.127 e. The van der Waals surface area contributed by atoms with Crippen LogP contribution in [0, 0.1) is 17.1 Å². The van der Waals surface area contributed by atoms with E-state index in [1.54, 1.807) is 6.07 Å². The maximum absolute atomic E-state index is 13.5. The average molecular weight is 244 g/mol. The highest BCUT2D eigenvalue weighted by molar-refractivity contribution is 5.33. The molecule has 0 spiro atoms.